The molecule has 4 nitrogen and oxygen atoms in total. The largest absolute Gasteiger partial charge is 0.287 e. The maximum atomic E-state index is 11.4. The van der Waals surface area contributed by atoms with E-state index in [9.17, 15) is 10.1 Å². The van der Waals surface area contributed by atoms with Gasteiger partial charge in [-0.1, -0.05) is 72.1 Å². The highest BCUT2D eigenvalue weighted by molar-refractivity contribution is 5.88. The third-order valence-electron chi connectivity index (χ3n) is 4.05. The van der Waals surface area contributed by atoms with Crippen LogP contribution in [0.2, 0.25) is 0 Å². The lowest BCUT2D eigenvalue weighted by Gasteiger charge is -2.12. The molecule has 0 saturated carbocycles. The van der Waals surface area contributed by atoms with E-state index >= 15 is 0 Å². The third kappa shape index (κ3) is 10.7. The highest BCUT2D eigenvalue weighted by Gasteiger charge is 2.25. The minimum absolute atomic E-state index is 0.111. The second kappa shape index (κ2) is 15.0. The number of hydrogen-bond acceptors (Lipinski definition) is 3. The van der Waals surface area contributed by atoms with Crippen LogP contribution in [0, 0.1) is 10.1 Å². The van der Waals surface area contributed by atoms with Gasteiger partial charge in [0.05, 0.1) is 5.71 Å². The molecule has 130 valence electrons. The van der Waals surface area contributed by atoms with Crippen LogP contribution in [0.1, 0.15) is 97.8 Å². The van der Waals surface area contributed by atoms with E-state index in [1.54, 1.807) is 0 Å². The average molecular weight is 312 g/mol. The van der Waals surface area contributed by atoms with Crippen LogP contribution in [0.5, 0.6) is 0 Å². The van der Waals surface area contributed by atoms with Gasteiger partial charge in [0.15, 0.2) is 0 Å². The van der Waals surface area contributed by atoms with Crippen LogP contribution < -0.4 is 0 Å². The zero-order valence-electron chi connectivity index (χ0n) is 15.0. The van der Waals surface area contributed by atoms with Gasteiger partial charge < -0.3 is 0 Å². The summed E-state index contributed by atoms with van der Waals surface area (Å²) in [5.41, 5.74) is 0.833. The molecule has 0 spiro atoms. The number of nitrogens with zero attached hydrogens (tertiary/aromatic N) is 2. The Morgan fingerprint density at radius 3 is 2.05 bits per heavy atom. The van der Waals surface area contributed by atoms with Crippen LogP contribution in [-0.2, 0) is 0 Å². The van der Waals surface area contributed by atoms with E-state index in [4.69, 9.17) is 0 Å². The normalized spacial score (nSPS) is 13.3. The fourth-order valence-corrected chi connectivity index (χ4v) is 2.70. The molecule has 4 heteroatoms. The predicted octanol–water partition coefficient (Wildman–Crippen LogP) is 5.81. The summed E-state index contributed by atoms with van der Waals surface area (Å²) in [7, 11) is 0. The van der Waals surface area contributed by atoms with Crippen LogP contribution in [0.15, 0.2) is 4.99 Å². The van der Waals surface area contributed by atoms with Crippen molar-refractivity contribution in [3.05, 3.63) is 10.1 Å². The van der Waals surface area contributed by atoms with Crippen molar-refractivity contribution in [2.45, 2.75) is 104 Å². The molecule has 0 aromatic rings. The van der Waals surface area contributed by atoms with Crippen molar-refractivity contribution in [2.75, 3.05) is 6.54 Å². The quantitative estimate of drug-likeness (QED) is 0.166. The Balaban J connectivity index is 4.39. The molecule has 0 bridgehead atoms. The smallest absolute Gasteiger partial charge is 0.250 e. The third-order valence-corrected chi connectivity index (χ3v) is 4.05. The number of rotatable bonds is 15. The molecule has 0 radical (unpaired) electrons. The Labute approximate surface area is 136 Å². The van der Waals surface area contributed by atoms with Gasteiger partial charge in [-0.2, -0.15) is 0 Å². The Kier molecular flexibility index (Phi) is 14.4. The van der Waals surface area contributed by atoms with Crippen molar-refractivity contribution in [1.29, 1.82) is 0 Å². The van der Waals surface area contributed by atoms with Crippen LogP contribution in [0.4, 0.5) is 0 Å². The van der Waals surface area contributed by atoms with Gasteiger partial charge in [-0.15, -0.1) is 0 Å². The summed E-state index contributed by atoms with van der Waals surface area (Å²) < 4.78 is 0. The van der Waals surface area contributed by atoms with E-state index in [1.807, 2.05) is 0 Å². The average Bonchev–Trinajstić information content (AvgIpc) is 2.49. The van der Waals surface area contributed by atoms with Crippen LogP contribution in [-0.4, -0.2) is 23.2 Å². The van der Waals surface area contributed by atoms with Gasteiger partial charge in [0.1, 0.15) is 0 Å². The summed E-state index contributed by atoms with van der Waals surface area (Å²) in [5, 5.41) is 11.4. The molecule has 0 aliphatic heterocycles. The van der Waals surface area contributed by atoms with Crippen LogP contribution in [0.25, 0.3) is 0 Å². The lowest BCUT2D eigenvalue weighted by molar-refractivity contribution is -0.504. The molecule has 0 saturated heterocycles. The molecule has 0 rings (SSSR count). The van der Waals surface area contributed by atoms with Gasteiger partial charge in [-0.3, -0.25) is 15.1 Å². The number of aliphatic imine (C=N–C) groups is 1. The first-order valence-corrected chi connectivity index (χ1v) is 9.33. The zero-order valence-corrected chi connectivity index (χ0v) is 15.0. The summed E-state index contributed by atoms with van der Waals surface area (Å²) in [5.74, 6) is 0. The Morgan fingerprint density at radius 2 is 1.50 bits per heavy atom. The molecule has 0 aliphatic carbocycles. The maximum absolute atomic E-state index is 11.4. The number of hydrogen-bond donors (Lipinski definition) is 0. The standard InChI is InChI=1S/C18H36N2O2/c1-4-7-9-11-12-15-18(20(21)22)17(14-6-3)19-16-13-10-8-5-2/h18H,4-16H2,1-3H3/b19-17-. The zero-order chi connectivity index (χ0) is 16.6. The van der Waals surface area contributed by atoms with Crippen molar-refractivity contribution >= 4 is 5.71 Å². The van der Waals surface area contributed by atoms with E-state index < -0.39 is 6.04 Å². The molecule has 0 heterocycles. The molecule has 0 N–H and O–H groups in total. The Bertz CT molecular complexity index is 303. The van der Waals surface area contributed by atoms with Gasteiger partial charge >= 0.3 is 0 Å². The fraction of sp³-hybridized carbons (Fsp3) is 0.944. The maximum Gasteiger partial charge on any atom is 0.250 e. The molecular formula is C18H36N2O2. The summed E-state index contributed by atoms with van der Waals surface area (Å²) in [6.45, 7) is 7.21. The topological polar surface area (TPSA) is 55.5 Å². The first kappa shape index (κ1) is 21.1. The van der Waals surface area contributed by atoms with Crippen molar-refractivity contribution in [2.24, 2.45) is 4.99 Å². The van der Waals surface area contributed by atoms with Crippen molar-refractivity contribution in [3.63, 3.8) is 0 Å². The lowest BCUT2D eigenvalue weighted by atomic mass is 10.00. The van der Waals surface area contributed by atoms with Gasteiger partial charge in [0.25, 0.3) is 0 Å². The summed E-state index contributed by atoms with van der Waals surface area (Å²) in [6, 6.07) is -0.548. The minimum atomic E-state index is -0.548. The van der Waals surface area contributed by atoms with Gasteiger partial charge in [0, 0.05) is 17.9 Å². The van der Waals surface area contributed by atoms with E-state index in [1.165, 1.54) is 38.5 Å². The fourth-order valence-electron chi connectivity index (χ4n) is 2.70. The Morgan fingerprint density at radius 1 is 0.909 bits per heavy atom. The predicted molar refractivity (Wildman–Crippen MR) is 95.5 cm³/mol. The molecule has 0 aliphatic rings. The van der Waals surface area contributed by atoms with E-state index in [-0.39, 0.29) is 4.92 Å². The molecule has 0 fully saturated rings. The molecular weight excluding hydrogens is 276 g/mol. The highest BCUT2D eigenvalue weighted by atomic mass is 16.6. The molecule has 0 aromatic heterocycles. The molecule has 0 amide bonds. The van der Waals surface area contributed by atoms with Gasteiger partial charge in [-0.05, 0) is 19.3 Å². The number of unbranched alkanes of at least 4 members (excludes halogenated alkanes) is 7. The monoisotopic (exact) mass is 312 g/mol. The van der Waals surface area contributed by atoms with E-state index in [0.717, 1.165) is 44.4 Å². The minimum Gasteiger partial charge on any atom is -0.287 e. The molecule has 1 unspecified atom stereocenters. The van der Waals surface area contributed by atoms with Gasteiger partial charge in [0.2, 0.25) is 6.04 Å². The number of nitro groups is 1. The van der Waals surface area contributed by atoms with Crippen molar-refractivity contribution in [3.8, 4) is 0 Å². The molecule has 22 heavy (non-hydrogen) atoms. The van der Waals surface area contributed by atoms with E-state index in [2.05, 4.69) is 25.8 Å². The van der Waals surface area contributed by atoms with Crippen molar-refractivity contribution < 1.29 is 4.92 Å². The van der Waals surface area contributed by atoms with Crippen LogP contribution in [0.3, 0.4) is 0 Å². The van der Waals surface area contributed by atoms with Crippen molar-refractivity contribution in [1.82, 2.24) is 0 Å². The lowest BCUT2D eigenvalue weighted by Crippen LogP contribution is -2.30. The first-order valence-electron chi connectivity index (χ1n) is 9.33. The molecule has 1 atom stereocenters. The second-order valence-corrected chi connectivity index (χ2v) is 6.19. The highest BCUT2D eigenvalue weighted by Crippen LogP contribution is 2.13. The SMILES string of the molecule is CCCCCCCC(/C(CCC)=N\CCCCCC)[N+](=O)[O-]. The van der Waals surface area contributed by atoms with Gasteiger partial charge in [-0.25, -0.2) is 0 Å². The summed E-state index contributed by atoms with van der Waals surface area (Å²) in [4.78, 5) is 15.9. The van der Waals surface area contributed by atoms with E-state index in [0.29, 0.717) is 6.42 Å². The summed E-state index contributed by atoms with van der Waals surface area (Å²) >= 11 is 0. The first-order chi connectivity index (χ1) is 10.7. The summed E-state index contributed by atoms with van der Waals surface area (Å²) in [6.07, 6.45) is 12.7. The van der Waals surface area contributed by atoms with Crippen LogP contribution >= 0.6 is 0 Å². The second-order valence-electron chi connectivity index (χ2n) is 6.19. The Hall–Kier alpha value is -0.930. The molecule has 0 aromatic carbocycles.